The Balaban J connectivity index is 1.63. The van der Waals surface area contributed by atoms with E-state index < -0.39 is 0 Å². The zero-order valence-electron chi connectivity index (χ0n) is 14.6. The number of carbonyl (C=O) groups is 1. The van der Waals surface area contributed by atoms with Crippen molar-refractivity contribution in [2.24, 2.45) is 0 Å². The van der Waals surface area contributed by atoms with Gasteiger partial charge in [0.05, 0.1) is 12.3 Å². The SMILES string of the molecule is C[C@@H](NC(=O)C[NH2+][C@@H](c1ccccc1)c1ccco1)c1cccc(Cl)c1. The Kier molecular flexibility index (Phi) is 6.10. The molecule has 5 heteroatoms. The van der Waals surface area contributed by atoms with Gasteiger partial charge in [0.15, 0.2) is 18.3 Å². The number of hydrogen-bond donors (Lipinski definition) is 2. The minimum Gasteiger partial charge on any atom is -0.463 e. The molecule has 0 bridgehead atoms. The Hall–Kier alpha value is -2.56. The van der Waals surface area contributed by atoms with Crippen LogP contribution in [0.3, 0.4) is 0 Å². The lowest BCUT2D eigenvalue weighted by Crippen LogP contribution is -2.87. The summed E-state index contributed by atoms with van der Waals surface area (Å²) < 4.78 is 5.57. The van der Waals surface area contributed by atoms with Gasteiger partial charge in [0.2, 0.25) is 0 Å². The van der Waals surface area contributed by atoms with Crippen molar-refractivity contribution in [1.29, 1.82) is 0 Å². The van der Waals surface area contributed by atoms with Crippen LogP contribution in [0.5, 0.6) is 0 Å². The maximum absolute atomic E-state index is 12.4. The van der Waals surface area contributed by atoms with E-state index in [4.69, 9.17) is 16.0 Å². The number of halogens is 1. The number of quaternary nitrogens is 1. The van der Waals surface area contributed by atoms with E-state index >= 15 is 0 Å². The van der Waals surface area contributed by atoms with E-state index in [1.54, 1.807) is 6.26 Å². The molecule has 2 atom stereocenters. The van der Waals surface area contributed by atoms with Crippen LogP contribution in [0.2, 0.25) is 5.02 Å². The van der Waals surface area contributed by atoms with Gasteiger partial charge < -0.3 is 15.1 Å². The van der Waals surface area contributed by atoms with Gasteiger partial charge in [-0.25, -0.2) is 0 Å². The summed E-state index contributed by atoms with van der Waals surface area (Å²) >= 11 is 6.02. The highest BCUT2D eigenvalue weighted by Gasteiger charge is 2.22. The fourth-order valence-corrected chi connectivity index (χ4v) is 3.13. The number of hydrogen-bond acceptors (Lipinski definition) is 2. The van der Waals surface area contributed by atoms with Crippen molar-refractivity contribution in [1.82, 2.24) is 5.32 Å². The molecular weight excluding hydrogens is 348 g/mol. The van der Waals surface area contributed by atoms with E-state index in [0.717, 1.165) is 16.9 Å². The van der Waals surface area contributed by atoms with Gasteiger partial charge in [-0.1, -0.05) is 54.1 Å². The number of amides is 1. The number of rotatable bonds is 7. The number of nitrogens with one attached hydrogen (secondary N) is 1. The highest BCUT2D eigenvalue weighted by molar-refractivity contribution is 6.30. The molecule has 0 saturated heterocycles. The van der Waals surface area contributed by atoms with Crippen LogP contribution in [-0.2, 0) is 4.79 Å². The van der Waals surface area contributed by atoms with E-state index in [9.17, 15) is 4.79 Å². The smallest absolute Gasteiger partial charge is 0.275 e. The second-order valence-corrected chi connectivity index (χ2v) is 6.62. The first-order valence-electron chi connectivity index (χ1n) is 8.60. The second-order valence-electron chi connectivity index (χ2n) is 6.19. The first-order valence-corrected chi connectivity index (χ1v) is 8.98. The third-order valence-electron chi connectivity index (χ3n) is 4.27. The predicted molar refractivity (Wildman–Crippen MR) is 102 cm³/mol. The molecule has 3 N–H and O–H groups in total. The molecular formula is C21H22ClN2O2+. The Morgan fingerprint density at radius 3 is 2.54 bits per heavy atom. The van der Waals surface area contributed by atoms with Gasteiger partial charge in [-0.05, 0) is 36.8 Å². The number of benzene rings is 2. The Morgan fingerprint density at radius 1 is 1.08 bits per heavy atom. The first kappa shape index (κ1) is 18.2. The van der Waals surface area contributed by atoms with Gasteiger partial charge in [0.25, 0.3) is 5.91 Å². The van der Waals surface area contributed by atoms with E-state index in [-0.39, 0.29) is 18.0 Å². The Bertz CT molecular complexity index is 834. The third-order valence-corrected chi connectivity index (χ3v) is 4.51. The minimum absolute atomic E-state index is 0.0371. The Labute approximate surface area is 158 Å². The topological polar surface area (TPSA) is 58.9 Å². The molecule has 0 spiro atoms. The summed E-state index contributed by atoms with van der Waals surface area (Å²) in [4.78, 5) is 12.4. The molecule has 0 radical (unpaired) electrons. The second kappa shape index (κ2) is 8.70. The molecule has 4 nitrogen and oxygen atoms in total. The van der Waals surface area contributed by atoms with E-state index in [1.807, 2.05) is 79.0 Å². The number of carbonyl (C=O) groups excluding carboxylic acids is 1. The van der Waals surface area contributed by atoms with Crippen LogP contribution in [0, 0.1) is 0 Å². The summed E-state index contributed by atoms with van der Waals surface area (Å²) in [6.45, 7) is 2.25. The van der Waals surface area contributed by atoms with Crippen LogP contribution < -0.4 is 10.6 Å². The van der Waals surface area contributed by atoms with E-state index in [2.05, 4.69) is 5.32 Å². The average molecular weight is 370 g/mol. The quantitative estimate of drug-likeness (QED) is 0.670. The molecule has 0 unspecified atom stereocenters. The highest BCUT2D eigenvalue weighted by atomic mass is 35.5. The summed E-state index contributed by atoms with van der Waals surface area (Å²) in [5.74, 6) is 0.789. The molecule has 0 saturated carbocycles. The lowest BCUT2D eigenvalue weighted by Gasteiger charge is -2.17. The maximum Gasteiger partial charge on any atom is 0.275 e. The third kappa shape index (κ3) is 4.75. The van der Waals surface area contributed by atoms with Crippen LogP contribution in [0.4, 0.5) is 0 Å². The fraction of sp³-hybridized carbons (Fsp3) is 0.190. The van der Waals surface area contributed by atoms with Crippen LogP contribution >= 0.6 is 11.6 Å². The fourth-order valence-electron chi connectivity index (χ4n) is 2.93. The van der Waals surface area contributed by atoms with Crippen molar-refractivity contribution in [2.45, 2.75) is 19.0 Å². The summed E-state index contributed by atoms with van der Waals surface area (Å²) in [7, 11) is 0. The van der Waals surface area contributed by atoms with E-state index in [0.29, 0.717) is 11.6 Å². The predicted octanol–water partition coefficient (Wildman–Crippen LogP) is 3.46. The van der Waals surface area contributed by atoms with Gasteiger partial charge in [0, 0.05) is 10.6 Å². The summed E-state index contributed by atoms with van der Waals surface area (Å²) in [5.41, 5.74) is 2.08. The van der Waals surface area contributed by atoms with Gasteiger partial charge in [-0.2, -0.15) is 0 Å². The van der Waals surface area contributed by atoms with Gasteiger partial charge >= 0.3 is 0 Å². The van der Waals surface area contributed by atoms with Crippen LogP contribution in [-0.4, -0.2) is 12.5 Å². The van der Waals surface area contributed by atoms with Crippen molar-refractivity contribution < 1.29 is 14.5 Å². The number of nitrogens with two attached hydrogens (primary N) is 1. The summed E-state index contributed by atoms with van der Waals surface area (Å²) in [5, 5.41) is 5.66. The molecule has 0 aliphatic carbocycles. The molecule has 26 heavy (non-hydrogen) atoms. The maximum atomic E-state index is 12.4. The molecule has 1 aromatic heterocycles. The Morgan fingerprint density at radius 2 is 1.85 bits per heavy atom. The first-order chi connectivity index (χ1) is 12.6. The normalized spacial score (nSPS) is 13.2. The molecule has 2 aromatic carbocycles. The van der Waals surface area contributed by atoms with Crippen molar-refractivity contribution in [3.05, 3.63) is 94.9 Å². The van der Waals surface area contributed by atoms with Crippen LogP contribution in [0.15, 0.2) is 77.4 Å². The highest BCUT2D eigenvalue weighted by Crippen LogP contribution is 2.19. The van der Waals surface area contributed by atoms with Crippen molar-refractivity contribution in [3.8, 4) is 0 Å². The van der Waals surface area contributed by atoms with Crippen LogP contribution in [0.25, 0.3) is 0 Å². The molecule has 1 heterocycles. The van der Waals surface area contributed by atoms with E-state index in [1.165, 1.54) is 0 Å². The molecule has 0 fully saturated rings. The van der Waals surface area contributed by atoms with Crippen molar-refractivity contribution >= 4 is 17.5 Å². The lowest BCUT2D eigenvalue weighted by molar-refractivity contribution is -0.678. The molecule has 134 valence electrons. The zero-order valence-corrected chi connectivity index (χ0v) is 15.3. The molecule has 3 rings (SSSR count). The summed E-state index contributed by atoms with van der Waals surface area (Å²) in [6.07, 6.45) is 1.65. The summed E-state index contributed by atoms with van der Waals surface area (Å²) in [6, 6.07) is 21.2. The largest absolute Gasteiger partial charge is 0.463 e. The van der Waals surface area contributed by atoms with Crippen molar-refractivity contribution in [2.75, 3.05) is 6.54 Å². The number of furan rings is 1. The van der Waals surface area contributed by atoms with Crippen LogP contribution in [0.1, 0.15) is 35.9 Å². The van der Waals surface area contributed by atoms with Gasteiger partial charge in [0.1, 0.15) is 0 Å². The zero-order chi connectivity index (χ0) is 18.4. The average Bonchev–Trinajstić information content (AvgIpc) is 3.17. The molecule has 0 aliphatic rings. The van der Waals surface area contributed by atoms with Gasteiger partial charge in [-0.15, -0.1) is 0 Å². The van der Waals surface area contributed by atoms with Gasteiger partial charge in [-0.3, -0.25) is 4.79 Å². The minimum atomic E-state index is -0.103. The molecule has 3 aromatic rings. The standard InChI is InChI=1S/C21H21ClN2O2/c1-15(17-9-5-10-18(22)13-17)24-20(25)14-23-21(19-11-6-12-26-19)16-7-3-2-4-8-16/h2-13,15,21,23H,14H2,1H3,(H,24,25)/p+1/t15-,21+/m1/s1. The van der Waals surface area contributed by atoms with Crippen molar-refractivity contribution in [3.63, 3.8) is 0 Å². The monoisotopic (exact) mass is 369 g/mol. The molecule has 0 aliphatic heterocycles. The molecule has 1 amide bonds. The lowest BCUT2D eigenvalue weighted by atomic mass is 10.0.